The van der Waals surface area contributed by atoms with E-state index in [2.05, 4.69) is 9.97 Å². The SMILES string of the molecule is Cc1cc(N(CCO)CC(F)F)nc(C)n1. The molecular weight excluding hydrogens is 216 g/mol. The van der Waals surface area contributed by atoms with Gasteiger partial charge < -0.3 is 10.0 Å². The maximum atomic E-state index is 12.3. The van der Waals surface area contributed by atoms with Gasteiger partial charge in [0.2, 0.25) is 0 Å². The first-order chi connectivity index (χ1) is 7.52. The van der Waals surface area contributed by atoms with E-state index in [4.69, 9.17) is 5.11 Å². The highest BCUT2D eigenvalue weighted by Crippen LogP contribution is 2.13. The Hall–Kier alpha value is -1.30. The molecule has 0 aliphatic heterocycles. The molecule has 0 saturated carbocycles. The van der Waals surface area contributed by atoms with E-state index in [-0.39, 0.29) is 13.2 Å². The van der Waals surface area contributed by atoms with Gasteiger partial charge in [0.05, 0.1) is 13.2 Å². The number of hydrogen-bond donors (Lipinski definition) is 1. The molecule has 16 heavy (non-hydrogen) atoms. The van der Waals surface area contributed by atoms with Crippen LogP contribution in [0.4, 0.5) is 14.6 Å². The first-order valence-electron chi connectivity index (χ1n) is 4.99. The Labute approximate surface area is 92.9 Å². The first-order valence-corrected chi connectivity index (χ1v) is 4.99. The molecule has 1 N–H and O–H groups in total. The molecule has 1 aromatic rings. The van der Waals surface area contributed by atoms with E-state index in [1.165, 1.54) is 4.90 Å². The Balaban J connectivity index is 2.90. The molecule has 90 valence electrons. The second kappa shape index (κ2) is 5.69. The summed E-state index contributed by atoms with van der Waals surface area (Å²) < 4.78 is 24.7. The fraction of sp³-hybridized carbons (Fsp3) is 0.600. The van der Waals surface area contributed by atoms with Crippen molar-refractivity contribution in [1.82, 2.24) is 9.97 Å². The van der Waals surface area contributed by atoms with Crippen LogP contribution in [0.3, 0.4) is 0 Å². The van der Waals surface area contributed by atoms with E-state index in [0.717, 1.165) is 5.69 Å². The van der Waals surface area contributed by atoms with Gasteiger partial charge in [0.15, 0.2) is 0 Å². The minimum Gasteiger partial charge on any atom is -0.395 e. The van der Waals surface area contributed by atoms with Crippen molar-refractivity contribution in [1.29, 1.82) is 0 Å². The third-order valence-electron chi connectivity index (χ3n) is 2.00. The average Bonchev–Trinajstić information content (AvgIpc) is 2.14. The van der Waals surface area contributed by atoms with Gasteiger partial charge in [-0.15, -0.1) is 0 Å². The molecule has 0 unspecified atom stereocenters. The van der Waals surface area contributed by atoms with Gasteiger partial charge in [-0.05, 0) is 13.8 Å². The van der Waals surface area contributed by atoms with E-state index < -0.39 is 13.0 Å². The minimum atomic E-state index is -2.46. The normalized spacial score (nSPS) is 10.9. The Bertz CT molecular complexity index is 327. The molecule has 0 aromatic carbocycles. The number of aryl methyl sites for hydroxylation is 2. The van der Waals surface area contributed by atoms with Gasteiger partial charge in [-0.25, -0.2) is 18.7 Å². The molecule has 0 amide bonds. The van der Waals surface area contributed by atoms with E-state index in [9.17, 15) is 8.78 Å². The van der Waals surface area contributed by atoms with Gasteiger partial charge >= 0.3 is 0 Å². The minimum absolute atomic E-state index is 0.139. The summed E-state index contributed by atoms with van der Waals surface area (Å²) in [6.45, 7) is 3.00. The second-order valence-corrected chi connectivity index (χ2v) is 3.48. The molecule has 0 bridgehead atoms. The summed E-state index contributed by atoms with van der Waals surface area (Å²) in [6, 6.07) is 1.63. The average molecular weight is 231 g/mol. The Kier molecular flexibility index (Phi) is 4.54. The van der Waals surface area contributed by atoms with Crippen molar-refractivity contribution in [2.45, 2.75) is 20.3 Å². The predicted octanol–water partition coefficient (Wildman–Crippen LogP) is 1.16. The number of anilines is 1. The zero-order valence-electron chi connectivity index (χ0n) is 9.32. The molecular formula is C10H15F2N3O. The molecule has 1 rings (SSSR count). The van der Waals surface area contributed by atoms with Crippen LogP contribution in [-0.2, 0) is 0 Å². The third kappa shape index (κ3) is 3.69. The molecule has 0 spiro atoms. The van der Waals surface area contributed by atoms with Gasteiger partial charge in [-0.1, -0.05) is 0 Å². The molecule has 1 heterocycles. The van der Waals surface area contributed by atoms with Crippen LogP contribution in [-0.4, -0.2) is 41.2 Å². The van der Waals surface area contributed by atoms with Crippen LogP contribution in [0.5, 0.6) is 0 Å². The zero-order valence-corrected chi connectivity index (χ0v) is 9.32. The van der Waals surface area contributed by atoms with Crippen molar-refractivity contribution in [3.05, 3.63) is 17.6 Å². The molecule has 0 fully saturated rings. The van der Waals surface area contributed by atoms with E-state index in [1.54, 1.807) is 19.9 Å². The van der Waals surface area contributed by atoms with Crippen LogP contribution in [0.25, 0.3) is 0 Å². The van der Waals surface area contributed by atoms with Crippen molar-refractivity contribution < 1.29 is 13.9 Å². The highest BCUT2D eigenvalue weighted by Gasteiger charge is 2.14. The topological polar surface area (TPSA) is 49.2 Å². The number of aliphatic hydroxyl groups is 1. The zero-order chi connectivity index (χ0) is 12.1. The molecule has 0 aliphatic carbocycles. The molecule has 1 aromatic heterocycles. The van der Waals surface area contributed by atoms with E-state index in [1.807, 2.05) is 0 Å². The monoisotopic (exact) mass is 231 g/mol. The maximum Gasteiger partial charge on any atom is 0.255 e. The van der Waals surface area contributed by atoms with Crippen LogP contribution in [0, 0.1) is 13.8 Å². The van der Waals surface area contributed by atoms with Crippen LogP contribution >= 0.6 is 0 Å². The van der Waals surface area contributed by atoms with Crippen LogP contribution in [0.1, 0.15) is 11.5 Å². The summed E-state index contributed by atoms with van der Waals surface area (Å²) in [5.74, 6) is 0.964. The van der Waals surface area contributed by atoms with Crippen LogP contribution in [0.2, 0.25) is 0 Å². The Morgan fingerprint density at radius 2 is 2.06 bits per heavy atom. The van der Waals surface area contributed by atoms with Gasteiger partial charge in [0.1, 0.15) is 11.6 Å². The number of rotatable bonds is 5. The standard InChI is InChI=1S/C10H15F2N3O/c1-7-5-10(14-8(2)13-7)15(3-4-16)6-9(11)12/h5,9,16H,3-4,6H2,1-2H3. The second-order valence-electron chi connectivity index (χ2n) is 3.48. The third-order valence-corrected chi connectivity index (χ3v) is 2.00. The summed E-state index contributed by atoms with van der Waals surface area (Å²) in [5, 5.41) is 8.82. The summed E-state index contributed by atoms with van der Waals surface area (Å²) in [5.41, 5.74) is 0.722. The number of nitrogens with zero attached hydrogens (tertiary/aromatic N) is 3. The van der Waals surface area contributed by atoms with Crippen molar-refractivity contribution in [2.24, 2.45) is 0 Å². The smallest absolute Gasteiger partial charge is 0.255 e. The Morgan fingerprint density at radius 1 is 1.38 bits per heavy atom. The maximum absolute atomic E-state index is 12.3. The summed E-state index contributed by atoms with van der Waals surface area (Å²) in [7, 11) is 0. The summed E-state index contributed by atoms with van der Waals surface area (Å²) >= 11 is 0. The summed E-state index contributed by atoms with van der Waals surface area (Å²) in [4.78, 5) is 9.50. The molecule has 0 aliphatic rings. The number of halogens is 2. The molecule has 0 saturated heterocycles. The van der Waals surface area contributed by atoms with Crippen molar-refractivity contribution >= 4 is 5.82 Å². The van der Waals surface area contributed by atoms with E-state index in [0.29, 0.717) is 11.6 Å². The largest absolute Gasteiger partial charge is 0.395 e. The lowest BCUT2D eigenvalue weighted by Crippen LogP contribution is -2.32. The molecule has 6 heteroatoms. The van der Waals surface area contributed by atoms with E-state index >= 15 is 0 Å². The summed E-state index contributed by atoms with van der Waals surface area (Å²) in [6.07, 6.45) is -2.46. The molecule has 4 nitrogen and oxygen atoms in total. The van der Waals surface area contributed by atoms with Crippen molar-refractivity contribution in [3.8, 4) is 0 Å². The fourth-order valence-electron chi connectivity index (χ4n) is 1.45. The van der Waals surface area contributed by atoms with Crippen molar-refractivity contribution in [3.63, 3.8) is 0 Å². The Morgan fingerprint density at radius 3 is 2.56 bits per heavy atom. The number of aromatic nitrogens is 2. The lowest BCUT2D eigenvalue weighted by atomic mass is 10.3. The van der Waals surface area contributed by atoms with Crippen molar-refractivity contribution in [2.75, 3.05) is 24.6 Å². The quantitative estimate of drug-likeness (QED) is 0.826. The van der Waals surface area contributed by atoms with Gasteiger partial charge in [-0.3, -0.25) is 0 Å². The van der Waals surface area contributed by atoms with Gasteiger partial charge in [0.25, 0.3) is 6.43 Å². The molecule has 0 atom stereocenters. The van der Waals surface area contributed by atoms with Gasteiger partial charge in [0, 0.05) is 18.3 Å². The highest BCUT2D eigenvalue weighted by atomic mass is 19.3. The lowest BCUT2D eigenvalue weighted by Gasteiger charge is -2.22. The molecule has 0 radical (unpaired) electrons. The first kappa shape index (κ1) is 12.8. The predicted molar refractivity (Wildman–Crippen MR) is 56.8 cm³/mol. The number of alkyl halides is 2. The highest BCUT2D eigenvalue weighted by molar-refractivity contribution is 5.39. The number of hydrogen-bond acceptors (Lipinski definition) is 4. The van der Waals surface area contributed by atoms with Crippen LogP contribution < -0.4 is 4.90 Å². The number of aliphatic hydroxyl groups excluding tert-OH is 1. The fourth-order valence-corrected chi connectivity index (χ4v) is 1.45. The van der Waals surface area contributed by atoms with Crippen LogP contribution in [0.15, 0.2) is 6.07 Å². The lowest BCUT2D eigenvalue weighted by molar-refractivity contribution is 0.152. The van der Waals surface area contributed by atoms with Gasteiger partial charge in [-0.2, -0.15) is 0 Å².